The third-order valence-corrected chi connectivity index (χ3v) is 2.53. The second-order valence-corrected chi connectivity index (χ2v) is 3.82. The zero-order chi connectivity index (χ0) is 13.4. The quantitative estimate of drug-likeness (QED) is 0.809. The molecule has 0 spiro atoms. The third kappa shape index (κ3) is 4.07. The number of nitrogens with zero attached hydrogens (tertiary/aromatic N) is 2. The van der Waals surface area contributed by atoms with Crippen LogP contribution in [0.15, 0.2) is 24.3 Å². The number of hydrogen-bond donors (Lipinski definition) is 1. The molecule has 5 heteroatoms. The lowest BCUT2D eigenvalue weighted by molar-refractivity contribution is -0.131. The molecule has 0 radical (unpaired) electrons. The fourth-order valence-corrected chi connectivity index (χ4v) is 1.41. The van der Waals surface area contributed by atoms with E-state index in [-0.39, 0.29) is 12.5 Å². The van der Waals surface area contributed by atoms with E-state index in [2.05, 4.69) is 0 Å². The molecule has 0 saturated heterocycles. The van der Waals surface area contributed by atoms with E-state index >= 15 is 0 Å². The van der Waals surface area contributed by atoms with Crippen LogP contribution in [0.4, 0.5) is 0 Å². The first-order valence-corrected chi connectivity index (χ1v) is 5.70. The number of hydrogen-bond acceptors (Lipinski definition) is 4. The Labute approximate surface area is 107 Å². The van der Waals surface area contributed by atoms with Gasteiger partial charge in [-0.05, 0) is 6.07 Å². The summed E-state index contributed by atoms with van der Waals surface area (Å²) in [6.45, 7) is 0.741. The van der Waals surface area contributed by atoms with E-state index in [1.165, 1.54) is 4.90 Å². The highest BCUT2D eigenvalue weighted by molar-refractivity contribution is 5.77. The van der Waals surface area contributed by atoms with Crippen LogP contribution >= 0.6 is 0 Å². The van der Waals surface area contributed by atoms with Crippen molar-refractivity contribution in [3.8, 4) is 11.8 Å². The molecule has 0 saturated carbocycles. The van der Waals surface area contributed by atoms with Crippen LogP contribution in [0.1, 0.15) is 12.0 Å². The summed E-state index contributed by atoms with van der Waals surface area (Å²) in [5.74, 6) is 0.471. The van der Waals surface area contributed by atoms with Gasteiger partial charge in [0.2, 0.25) is 0 Å². The molecule has 0 aliphatic rings. The molecule has 0 bridgehead atoms. The van der Waals surface area contributed by atoms with Gasteiger partial charge in [-0.3, -0.25) is 4.79 Å². The molecule has 18 heavy (non-hydrogen) atoms. The van der Waals surface area contributed by atoms with E-state index in [1.54, 1.807) is 13.1 Å². The zero-order valence-electron chi connectivity index (χ0n) is 10.4. The molecule has 1 amide bonds. The summed E-state index contributed by atoms with van der Waals surface area (Å²) in [6.07, 6.45) is 0.321. The summed E-state index contributed by atoms with van der Waals surface area (Å²) in [5.41, 5.74) is 6.44. The van der Waals surface area contributed by atoms with Crippen LogP contribution in [0.5, 0.6) is 5.75 Å². The maximum absolute atomic E-state index is 11.7. The van der Waals surface area contributed by atoms with Gasteiger partial charge in [-0.25, -0.2) is 0 Å². The zero-order valence-corrected chi connectivity index (χ0v) is 10.4. The first-order chi connectivity index (χ1) is 8.69. The predicted octanol–water partition coefficient (Wildman–Crippen LogP) is 0.896. The van der Waals surface area contributed by atoms with Crippen molar-refractivity contribution in [3.63, 3.8) is 0 Å². The lowest BCUT2D eigenvalue weighted by Gasteiger charge is -2.16. The Kier molecular flexibility index (Phi) is 5.68. The molecule has 96 valence electrons. The van der Waals surface area contributed by atoms with Gasteiger partial charge in [0.25, 0.3) is 5.91 Å². The predicted molar refractivity (Wildman–Crippen MR) is 67.7 cm³/mol. The average molecular weight is 247 g/mol. The minimum absolute atomic E-state index is 0.0427. The Bertz CT molecular complexity index is 440. The number of amides is 1. The lowest BCUT2D eigenvalue weighted by Crippen LogP contribution is -2.32. The lowest BCUT2D eigenvalue weighted by atomic mass is 10.2. The number of carbonyl (C=O) groups is 1. The number of para-hydroxylation sites is 1. The molecule has 0 heterocycles. The maximum atomic E-state index is 11.7. The van der Waals surface area contributed by atoms with Crippen LogP contribution in [-0.4, -0.2) is 31.0 Å². The number of nitrogens with two attached hydrogens (primary N) is 1. The van der Waals surface area contributed by atoms with Crippen LogP contribution in [0.2, 0.25) is 0 Å². The monoisotopic (exact) mass is 247 g/mol. The van der Waals surface area contributed by atoms with Crippen LogP contribution in [-0.2, 0) is 11.3 Å². The highest BCUT2D eigenvalue weighted by Gasteiger charge is 2.10. The van der Waals surface area contributed by atoms with Gasteiger partial charge in [0.15, 0.2) is 6.61 Å². The van der Waals surface area contributed by atoms with Crippen molar-refractivity contribution >= 4 is 5.91 Å². The Balaban J connectivity index is 2.49. The molecule has 0 unspecified atom stereocenters. The molecule has 1 rings (SSSR count). The van der Waals surface area contributed by atoms with E-state index < -0.39 is 0 Å². The van der Waals surface area contributed by atoms with E-state index in [4.69, 9.17) is 15.7 Å². The Morgan fingerprint density at radius 1 is 1.50 bits per heavy atom. The molecule has 1 aromatic rings. The van der Waals surface area contributed by atoms with Gasteiger partial charge in [0.05, 0.1) is 12.5 Å². The van der Waals surface area contributed by atoms with Crippen molar-refractivity contribution in [2.45, 2.75) is 13.0 Å². The molecule has 1 aromatic carbocycles. The van der Waals surface area contributed by atoms with E-state index in [0.29, 0.717) is 25.3 Å². The van der Waals surface area contributed by atoms with Gasteiger partial charge in [-0.15, -0.1) is 0 Å². The molecule has 2 N–H and O–H groups in total. The van der Waals surface area contributed by atoms with Gasteiger partial charge in [-0.1, -0.05) is 18.2 Å². The molecular weight excluding hydrogens is 230 g/mol. The number of ether oxygens (including phenoxy) is 1. The van der Waals surface area contributed by atoms with Crippen molar-refractivity contribution in [3.05, 3.63) is 29.8 Å². The molecule has 0 aliphatic heterocycles. The second kappa shape index (κ2) is 7.30. The Morgan fingerprint density at radius 3 is 2.89 bits per heavy atom. The van der Waals surface area contributed by atoms with Gasteiger partial charge < -0.3 is 15.4 Å². The van der Waals surface area contributed by atoms with Crippen molar-refractivity contribution in [1.29, 1.82) is 5.26 Å². The van der Waals surface area contributed by atoms with Gasteiger partial charge in [0, 0.05) is 25.7 Å². The largest absolute Gasteiger partial charge is 0.483 e. The molecule has 0 atom stereocenters. The number of nitriles is 1. The van der Waals surface area contributed by atoms with Crippen molar-refractivity contribution in [2.24, 2.45) is 5.73 Å². The second-order valence-electron chi connectivity index (χ2n) is 3.82. The minimum Gasteiger partial charge on any atom is -0.483 e. The summed E-state index contributed by atoms with van der Waals surface area (Å²) < 4.78 is 5.44. The van der Waals surface area contributed by atoms with Crippen LogP contribution in [0, 0.1) is 11.3 Å². The SMILES string of the molecule is CN(CCC#N)C(=O)COc1ccccc1CN. The van der Waals surface area contributed by atoms with Gasteiger partial charge in [-0.2, -0.15) is 5.26 Å². The number of rotatable bonds is 6. The fourth-order valence-electron chi connectivity index (χ4n) is 1.41. The number of likely N-dealkylation sites (N-methyl/N-ethyl adjacent to an activating group) is 1. The minimum atomic E-state index is -0.155. The first kappa shape index (κ1) is 14.0. The summed E-state index contributed by atoms with van der Waals surface area (Å²) in [6, 6.07) is 9.34. The molecule has 5 nitrogen and oxygen atoms in total. The Morgan fingerprint density at radius 2 is 2.22 bits per heavy atom. The average Bonchev–Trinajstić information content (AvgIpc) is 2.42. The van der Waals surface area contributed by atoms with E-state index in [0.717, 1.165) is 5.56 Å². The van der Waals surface area contributed by atoms with Gasteiger partial charge in [0.1, 0.15) is 5.75 Å². The van der Waals surface area contributed by atoms with Crippen molar-refractivity contribution in [2.75, 3.05) is 20.2 Å². The topological polar surface area (TPSA) is 79.3 Å². The van der Waals surface area contributed by atoms with Crippen LogP contribution in [0.25, 0.3) is 0 Å². The van der Waals surface area contributed by atoms with E-state index in [1.807, 2.05) is 24.3 Å². The standard InChI is InChI=1S/C13H17N3O2/c1-16(8-4-7-14)13(17)10-18-12-6-3-2-5-11(12)9-15/h2-3,5-6H,4,8-10,15H2,1H3. The van der Waals surface area contributed by atoms with Crippen molar-refractivity contribution < 1.29 is 9.53 Å². The maximum Gasteiger partial charge on any atom is 0.260 e. The van der Waals surface area contributed by atoms with Crippen LogP contribution in [0.3, 0.4) is 0 Å². The first-order valence-electron chi connectivity index (χ1n) is 5.70. The van der Waals surface area contributed by atoms with E-state index in [9.17, 15) is 4.79 Å². The highest BCUT2D eigenvalue weighted by Crippen LogP contribution is 2.16. The summed E-state index contributed by atoms with van der Waals surface area (Å²) in [5, 5.41) is 8.44. The summed E-state index contributed by atoms with van der Waals surface area (Å²) in [4.78, 5) is 13.2. The third-order valence-electron chi connectivity index (χ3n) is 2.53. The smallest absolute Gasteiger partial charge is 0.260 e. The van der Waals surface area contributed by atoms with Gasteiger partial charge >= 0.3 is 0 Å². The summed E-state index contributed by atoms with van der Waals surface area (Å²) in [7, 11) is 1.65. The molecule has 0 aliphatic carbocycles. The number of benzene rings is 1. The summed E-state index contributed by atoms with van der Waals surface area (Å²) >= 11 is 0. The highest BCUT2D eigenvalue weighted by atomic mass is 16.5. The molecule has 0 fully saturated rings. The number of carbonyl (C=O) groups excluding carboxylic acids is 1. The van der Waals surface area contributed by atoms with Crippen LogP contribution < -0.4 is 10.5 Å². The fraction of sp³-hybridized carbons (Fsp3) is 0.385. The molecular formula is C13H17N3O2. The molecule has 0 aromatic heterocycles. The normalized spacial score (nSPS) is 9.61. The van der Waals surface area contributed by atoms with Crippen molar-refractivity contribution in [1.82, 2.24) is 4.90 Å². The Hall–Kier alpha value is -2.06.